The van der Waals surface area contributed by atoms with E-state index in [4.69, 9.17) is 5.26 Å². The molecule has 0 aromatic carbocycles. The molecule has 1 rings (SSSR count). The number of alkyl halides is 2. The Bertz CT molecular complexity index is 387. The van der Waals surface area contributed by atoms with Gasteiger partial charge >= 0.3 is 0 Å². The van der Waals surface area contributed by atoms with Gasteiger partial charge in [-0.05, 0) is 0 Å². The predicted octanol–water partition coefficient (Wildman–Crippen LogP) is 2.99. The molecule has 0 saturated heterocycles. The van der Waals surface area contributed by atoms with Gasteiger partial charge in [-0.25, -0.2) is 13.8 Å². The van der Waals surface area contributed by atoms with Gasteiger partial charge < -0.3 is 0 Å². The first-order chi connectivity index (χ1) is 6.56. The Morgan fingerprint density at radius 1 is 1.57 bits per heavy atom. The number of nitriles is 1. The summed E-state index contributed by atoms with van der Waals surface area (Å²) < 4.78 is 37.5. The van der Waals surface area contributed by atoms with Crippen LogP contribution in [0.5, 0.6) is 0 Å². The summed E-state index contributed by atoms with van der Waals surface area (Å²) >= 11 is 2.80. The van der Waals surface area contributed by atoms with E-state index in [2.05, 4.69) is 20.9 Å². The molecule has 1 aromatic heterocycles. The Labute approximate surface area is 86.5 Å². The number of rotatable bonds is 2. The molecule has 0 aliphatic heterocycles. The maximum atomic E-state index is 12.7. The number of nitrogens with zero attached hydrogens (tertiary/aromatic N) is 2. The Morgan fingerprint density at radius 3 is 2.71 bits per heavy atom. The van der Waals surface area contributed by atoms with Crippen molar-refractivity contribution in [2.24, 2.45) is 0 Å². The number of halogens is 4. The summed E-state index contributed by atoms with van der Waals surface area (Å²) in [4.78, 5) is 3.25. The van der Waals surface area contributed by atoms with Gasteiger partial charge in [0.05, 0.1) is 23.7 Å². The molecule has 0 spiro atoms. The van der Waals surface area contributed by atoms with E-state index < -0.39 is 17.9 Å². The molecule has 1 heterocycles. The maximum Gasteiger partial charge on any atom is 0.266 e. The van der Waals surface area contributed by atoms with Crippen LogP contribution < -0.4 is 0 Å². The van der Waals surface area contributed by atoms with Crippen LogP contribution in [0.3, 0.4) is 0 Å². The molecule has 2 nitrogen and oxygen atoms in total. The van der Waals surface area contributed by atoms with Crippen LogP contribution in [0.2, 0.25) is 0 Å². The van der Waals surface area contributed by atoms with Crippen LogP contribution >= 0.6 is 15.9 Å². The van der Waals surface area contributed by atoms with Gasteiger partial charge in [-0.2, -0.15) is 9.65 Å². The minimum atomic E-state index is -2.78. The van der Waals surface area contributed by atoms with Crippen molar-refractivity contribution >= 4 is 15.9 Å². The molecule has 0 bridgehead atoms. The standard InChI is InChI=1S/C8H4BrF3N2/c9-4-3-6(10)14-5(1-2-13)7(4)8(11)12/h3,8H,1H2. The lowest BCUT2D eigenvalue weighted by atomic mass is 10.1. The second-order valence-electron chi connectivity index (χ2n) is 2.42. The topological polar surface area (TPSA) is 36.7 Å². The molecule has 14 heavy (non-hydrogen) atoms. The van der Waals surface area contributed by atoms with Crippen molar-refractivity contribution in [1.29, 1.82) is 5.26 Å². The van der Waals surface area contributed by atoms with Gasteiger partial charge in [-0.1, -0.05) is 15.9 Å². The molecule has 0 fully saturated rings. The van der Waals surface area contributed by atoms with Gasteiger partial charge in [0, 0.05) is 10.5 Å². The molecular formula is C8H4BrF3N2. The highest BCUT2D eigenvalue weighted by molar-refractivity contribution is 9.10. The average molecular weight is 265 g/mol. The first-order valence-corrected chi connectivity index (χ1v) is 4.35. The van der Waals surface area contributed by atoms with Gasteiger partial charge in [0.1, 0.15) is 0 Å². The first-order valence-electron chi connectivity index (χ1n) is 3.56. The summed E-state index contributed by atoms with van der Waals surface area (Å²) in [6.45, 7) is 0. The van der Waals surface area contributed by atoms with E-state index in [9.17, 15) is 13.2 Å². The summed E-state index contributed by atoms with van der Waals surface area (Å²) in [6.07, 6.45) is -3.11. The molecule has 0 radical (unpaired) electrons. The van der Waals surface area contributed by atoms with E-state index in [1.165, 1.54) is 0 Å². The Balaban J connectivity index is 3.30. The fourth-order valence-electron chi connectivity index (χ4n) is 0.981. The molecule has 0 saturated carbocycles. The van der Waals surface area contributed by atoms with Gasteiger partial charge in [-0.15, -0.1) is 0 Å². The van der Waals surface area contributed by atoms with Crippen molar-refractivity contribution in [3.05, 3.63) is 27.7 Å². The third kappa shape index (κ3) is 2.23. The molecule has 0 aliphatic carbocycles. The lowest BCUT2D eigenvalue weighted by Crippen LogP contribution is -2.01. The second-order valence-corrected chi connectivity index (χ2v) is 3.28. The van der Waals surface area contributed by atoms with E-state index in [-0.39, 0.29) is 16.6 Å². The van der Waals surface area contributed by atoms with Crippen molar-refractivity contribution in [1.82, 2.24) is 4.98 Å². The molecule has 6 heteroatoms. The largest absolute Gasteiger partial charge is 0.266 e. The van der Waals surface area contributed by atoms with Crippen molar-refractivity contribution in [2.45, 2.75) is 12.8 Å². The molecule has 1 aromatic rings. The fourth-order valence-corrected chi connectivity index (χ4v) is 1.57. The molecular weight excluding hydrogens is 261 g/mol. The summed E-state index contributed by atoms with van der Waals surface area (Å²) in [5.74, 6) is -0.883. The van der Waals surface area contributed by atoms with Crippen molar-refractivity contribution < 1.29 is 13.2 Å². The van der Waals surface area contributed by atoms with E-state index in [0.717, 1.165) is 6.07 Å². The van der Waals surface area contributed by atoms with Gasteiger partial charge in [0.2, 0.25) is 5.95 Å². The molecule has 0 unspecified atom stereocenters. The number of pyridine rings is 1. The number of aromatic nitrogens is 1. The van der Waals surface area contributed by atoms with E-state index >= 15 is 0 Å². The summed E-state index contributed by atoms with van der Waals surface area (Å²) in [5.41, 5.74) is -0.651. The Kier molecular flexibility index (Phi) is 3.47. The van der Waals surface area contributed by atoms with Crippen molar-refractivity contribution in [2.75, 3.05) is 0 Å². The van der Waals surface area contributed by atoms with Crippen LogP contribution in [0.4, 0.5) is 13.2 Å². The fraction of sp³-hybridized carbons (Fsp3) is 0.250. The number of hydrogen-bond acceptors (Lipinski definition) is 2. The molecule has 74 valence electrons. The smallest absolute Gasteiger partial charge is 0.223 e. The average Bonchev–Trinajstić information content (AvgIpc) is 2.01. The quantitative estimate of drug-likeness (QED) is 0.771. The van der Waals surface area contributed by atoms with Crippen LogP contribution in [0.1, 0.15) is 17.7 Å². The van der Waals surface area contributed by atoms with Crippen LogP contribution in [-0.2, 0) is 6.42 Å². The Hall–Kier alpha value is -1.09. The maximum absolute atomic E-state index is 12.7. The van der Waals surface area contributed by atoms with Gasteiger partial charge in [-0.3, -0.25) is 0 Å². The number of hydrogen-bond donors (Lipinski definition) is 0. The zero-order valence-electron chi connectivity index (χ0n) is 6.77. The molecule has 0 aliphatic rings. The lowest BCUT2D eigenvalue weighted by Gasteiger charge is -2.07. The summed E-state index contributed by atoms with van der Waals surface area (Å²) in [6, 6.07) is 2.50. The summed E-state index contributed by atoms with van der Waals surface area (Å²) in [7, 11) is 0. The minimum absolute atomic E-state index is 0.0646. The summed E-state index contributed by atoms with van der Waals surface area (Å²) in [5, 5.41) is 8.34. The second kappa shape index (κ2) is 4.42. The Morgan fingerprint density at radius 2 is 2.21 bits per heavy atom. The zero-order chi connectivity index (χ0) is 10.7. The van der Waals surface area contributed by atoms with Crippen LogP contribution in [0.15, 0.2) is 10.5 Å². The highest BCUT2D eigenvalue weighted by Crippen LogP contribution is 2.30. The van der Waals surface area contributed by atoms with E-state index in [1.54, 1.807) is 6.07 Å². The van der Waals surface area contributed by atoms with Gasteiger partial charge in [0.15, 0.2) is 0 Å². The normalized spacial score (nSPS) is 10.3. The molecule has 0 atom stereocenters. The zero-order valence-corrected chi connectivity index (χ0v) is 8.35. The first kappa shape index (κ1) is 11.0. The molecule has 0 amide bonds. The van der Waals surface area contributed by atoms with E-state index in [0.29, 0.717) is 0 Å². The third-order valence-corrected chi connectivity index (χ3v) is 2.18. The third-order valence-electron chi connectivity index (χ3n) is 1.52. The van der Waals surface area contributed by atoms with Crippen molar-refractivity contribution in [3.8, 4) is 6.07 Å². The highest BCUT2D eigenvalue weighted by Gasteiger charge is 2.19. The van der Waals surface area contributed by atoms with Gasteiger partial charge in [0.25, 0.3) is 6.43 Å². The van der Waals surface area contributed by atoms with Crippen molar-refractivity contribution in [3.63, 3.8) is 0 Å². The SMILES string of the molecule is N#CCc1nc(F)cc(Br)c1C(F)F. The van der Waals surface area contributed by atoms with Crippen LogP contribution in [-0.4, -0.2) is 4.98 Å². The lowest BCUT2D eigenvalue weighted by molar-refractivity contribution is 0.148. The highest BCUT2D eigenvalue weighted by atomic mass is 79.9. The van der Waals surface area contributed by atoms with Crippen LogP contribution in [0.25, 0.3) is 0 Å². The van der Waals surface area contributed by atoms with E-state index in [1.807, 2.05) is 0 Å². The minimum Gasteiger partial charge on any atom is -0.223 e. The molecule has 0 N–H and O–H groups in total. The van der Waals surface area contributed by atoms with Crippen LogP contribution in [0, 0.1) is 17.3 Å². The monoisotopic (exact) mass is 264 g/mol. The predicted molar refractivity (Wildman–Crippen MR) is 46.2 cm³/mol.